The van der Waals surface area contributed by atoms with Crippen LogP contribution in [0.4, 0.5) is 13.2 Å². The highest BCUT2D eigenvalue weighted by atomic mass is 79.9. The quantitative estimate of drug-likeness (QED) is 0.615. The number of rotatable bonds is 1. The fourth-order valence-electron chi connectivity index (χ4n) is 2.02. The van der Waals surface area contributed by atoms with Crippen LogP contribution < -0.4 is 0 Å². The van der Waals surface area contributed by atoms with E-state index in [9.17, 15) is 13.2 Å². The summed E-state index contributed by atoms with van der Waals surface area (Å²) in [7, 11) is 0. The highest BCUT2D eigenvalue weighted by Crippen LogP contribution is 2.27. The first-order valence-electron chi connectivity index (χ1n) is 5.53. The number of benzene rings is 2. The van der Waals surface area contributed by atoms with Crippen molar-refractivity contribution in [2.45, 2.75) is 0 Å². The van der Waals surface area contributed by atoms with Crippen molar-refractivity contribution >= 4 is 39.2 Å². The van der Waals surface area contributed by atoms with E-state index in [2.05, 4.69) is 20.9 Å². The second kappa shape index (κ2) is 4.75. The third kappa shape index (κ3) is 1.97. The van der Waals surface area contributed by atoms with E-state index < -0.39 is 17.5 Å². The van der Waals surface area contributed by atoms with E-state index in [1.165, 1.54) is 24.3 Å². The lowest BCUT2D eigenvalue weighted by atomic mass is 10.2. The molecule has 0 atom stereocenters. The average molecular weight is 359 g/mol. The van der Waals surface area contributed by atoms with Gasteiger partial charge >= 0.3 is 0 Å². The molecule has 20 heavy (non-hydrogen) atoms. The van der Waals surface area contributed by atoms with Crippen LogP contribution in [0.3, 0.4) is 0 Å². The first kappa shape index (κ1) is 13.4. The largest absolute Gasteiger partial charge is 0.330 e. The van der Waals surface area contributed by atoms with E-state index in [0.29, 0.717) is 9.99 Å². The standard InChI is InChI=1S/C13H6BrF3N2S/c14-6-1-2-7(15)10(5-6)19-12-9(18-13(19)20)4-3-8(16)11(12)17/h1-5H,(H,18,20). The Kier molecular flexibility index (Phi) is 3.18. The Morgan fingerprint density at radius 3 is 2.50 bits per heavy atom. The topological polar surface area (TPSA) is 20.7 Å². The number of aromatic nitrogens is 2. The lowest BCUT2D eigenvalue weighted by Crippen LogP contribution is -2.00. The van der Waals surface area contributed by atoms with Crippen LogP contribution >= 0.6 is 28.1 Å². The molecule has 0 unspecified atom stereocenters. The molecule has 0 saturated carbocycles. The maximum absolute atomic E-state index is 14.0. The molecule has 3 aromatic rings. The zero-order valence-electron chi connectivity index (χ0n) is 9.75. The summed E-state index contributed by atoms with van der Waals surface area (Å²) in [6, 6.07) is 6.52. The molecule has 0 aliphatic carbocycles. The third-order valence-electron chi connectivity index (χ3n) is 2.89. The van der Waals surface area contributed by atoms with Crippen molar-refractivity contribution < 1.29 is 13.2 Å². The maximum Gasteiger partial charge on any atom is 0.184 e. The van der Waals surface area contributed by atoms with Gasteiger partial charge in [-0.2, -0.15) is 0 Å². The zero-order valence-corrected chi connectivity index (χ0v) is 12.2. The van der Waals surface area contributed by atoms with Gasteiger partial charge in [-0.1, -0.05) is 15.9 Å². The van der Waals surface area contributed by atoms with Crippen molar-refractivity contribution in [3.05, 3.63) is 57.0 Å². The molecular formula is C13H6BrF3N2S. The molecule has 3 rings (SSSR count). The van der Waals surface area contributed by atoms with E-state index in [-0.39, 0.29) is 16.0 Å². The first-order valence-corrected chi connectivity index (χ1v) is 6.73. The number of halogens is 4. The molecule has 102 valence electrons. The average Bonchev–Trinajstić information content (AvgIpc) is 2.74. The fourth-order valence-corrected chi connectivity index (χ4v) is 2.67. The monoisotopic (exact) mass is 358 g/mol. The zero-order chi connectivity index (χ0) is 14.4. The molecule has 1 aromatic heterocycles. The third-order valence-corrected chi connectivity index (χ3v) is 3.66. The Morgan fingerprint density at radius 2 is 1.75 bits per heavy atom. The molecule has 0 spiro atoms. The molecule has 1 N–H and O–H groups in total. The Morgan fingerprint density at radius 1 is 1.05 bits per heavy atom. The van der Waals surface area contributed by atoms with Crippen molar-refractivity contribution in [1.82, 2.24) is 9.55 Å². The van der Waals surface area contributed by atoms with Crippen LogP contribution in [0.1, 0.15) is 0 Å². The van der Waals surface area contributed by atoms with Crippen LogP contribution in [-0.2, 0) is 0 Å². The van der Waals surface area contributed by atoms with Gasteiger partial charge in [0, 0.05) is 4.47 Å². The second-order valence-corrected chi connectivity index (χ2v) is 5.42. The van der Waals surface area contributed by atoms with Gasteiger partial charge in [0.15, 0.2) is 16.4 Å². The molecular weight excluding hydrogens is 353 g/mol. The minimum Gasteiger partial charge on any atom is -0.330 e. The normalized spacial score (nSPS) is 11.2. The molecule has 0 aliphatic rings. The molecule has 1 heterocycles. The van der Waals surface area contributed by atoms with Crippen molar-refractivity contribution in [1.29, 1.82) is 0 Å². The molecule has 0 saturated heterocycles. The molecule has 0 amide bonds. The molecule has 7 heteroatoms. The van der Waals surface area contributed by atoms with Crippen molar-refractivity contribution in [2.24, 2.45) is 0 Å². The Balaban J connectivity index is 2.48. The van der Waals surface area contributed by atoms with E-state index in [0.717, 1.165) is 10.6 Å². The van der Waals surface area contributed by atoms with Gasteiger partial charge in [-0.05, 0) is 42.5 Å². The number of H-pyrrole nitrogens is 1. The predicted molar refractivity (Wildman–Crippen MR) is 76.0 cm³/mol. The summed E-state index contributed by atoms with van der Waals surface area (Å²) in [6.07, 6.45) is 0. The highest BCUT2D eigenvalue weighted by molar-refractivity contribution is 9.10. The maximum atomic E-state index is 14.0. The molecule has 0 bridgehead atoms. The van der Waals surface area contributed by atoms with Gasteiger partial charge in [0.2, 0.25) is 0 Å². The Hall–Kier alpha value is -1.60. The molecule has 2 aromatic carbocycles. The molecule has 0 radical (unpaired) electrons. The summed E-state index contributed by atoms with van der Waals surface area (Å²) < 4.78 is 43.2. The number of aromatic amines is 1. The van der Waals surface area contributed by atoms with Crippen molar-refractivity contribution in [2.75, 3.05) is 0 Å². The SMILES string of the molecule is Fc1ccc(Br)cc1-n1c(=S)[nH]c2ccc(F)c(F)c21. The smallest absolute Gasteiger partial charge is 0.184 e. The van der Waals surface area contributed by atoms with Crippen LogP contribution in [0.5, 0.6) is 0 Å². The second-order valence-electron chi connectivity index (χ2n) is 4.12. The minimum absolute atomic E-state index is 0.0418. The Bertz CT molecular complexity index is 885. The van der Waals surface area contributed by atoms with Crippen LogP contribution in [0, 0.1) is 22.2 Å². The number of imidazole rings is 1. The summed E-state index contributed by atoms with van der Waals surface area (Å²) in [5, 5.41) is 0. The summed E-state index contributed by atoms with van der Waals surface area (Å²) in [4.78, 5) is 2.73. The molecule has 2 nitrogen and oxygen atoms in total. The number of nitrogens with zero attached hydrogens (tertiary/aromatic N) is 1. The van der Waals surface area contributed by atoms with Crippen molar-refractivity contribution in [3.63, 3.8) is 0 Å². The Labute approximate surface area is 125 Å². The van der Waals surface area contributed by atoms with Gasteiger partial charge in [0.1, 0.15) is 11.3 Å². The number of hydrogen-bond acceptors (Lipinski definition) is 1. The minimum atomic E-state index is -1.07. The molecule has 0 fully saturated rings. The lowest BCUT2D eigenvalue weighted by molar-refractivity contribution is 0.514. The number of nitrogens with one attached hydrogen (secondary N) is 1. The predicted octanol–water partition coefficient (Wildman–Crippen LogP) is 4.87. The summed E-state index contributed by atoms with van der Waals surface area (Å²) >= 11 is 8.29. The summed E-state index contributed by atoms with van der Waals surface area (Å²) in [6.45, 7) is 0. The number of fused-ring (bicyclic) bond motifs is 1. The van der Waals surface area contributed by atoms with E-state index in [1.807, 2.05) is 0 Å². The van der Waals surface area contributed by atoms with Crippen LogP contribution in [0.2, 0.25) is 0 Å². The van der Waals surface area contributed by atoms with Gasteiger partial charge in [-0.3, -0.25) is 4.57 Å². The van der Waals surface area contributed by atoms with Gasteiger partial charge < -0.3 is 4.98 Å². The van der Waals surface area contributed by atoms with E-state index in [1.54, 1.807) is 0 Å². The lowest BCUT2D eigenvalue weighted by Gasteiger charge is -2.07. The number of hydrogen-bond donors (Lipinski definition) is 1. The highest BCUT2D eigenvalue weighted by Gasteiger charge is 2.17. The summed E-state index contributed by atoms with van der Waals surface area (Å²) in [5.41, 5.74) is 0.223. The van der Waals surface area contributed by atoms with E-state index >= 15 is 0 Å². The van der Waals surface area contributed by atoms with Crippen LogP contribution in [-0.4, -0.2) is 9.55 Å². The van der Waals surface area contributed by atoms with Gasteiger partial charge in [-0.15, -0.1) is 0 Å². The molecule has 0 aliphatic heterocycles. The van der Waals surface area contributed by atoms with Crippen LogP contribution in [0.15, 0.2) is 34.8 Å². The first-order chi connectivity index (χ1) is 9.49. The van der Waals surface area contributed by atoms with Crippen molar-refractivity contribution in [3.8, 4) is 5.69 Å². The summed E-state index contributed by atoms with van der Waals surface area (Å²) in [5.74, 6) is -2.68. The van der Waals surface area contributed by atoms with Gasteiger partial charge in [-0.25, -0.2) is 13.2 Å². The van der Waals surface area contributed by atoms with Gasteiger partial charge in [0.25, 0.3) is 0 Å². The van der Waals surface area contributed by atoms with E-state index in [4.69, 9.17) is 12.2 Å². The van der Waals surface area contributed by atoms with Crippen LogP contribution in [0.25, 0.3) is 16.7 Å². The van der Waals surface area contributed by atoms with Gasteiger partial charge in [0.05, 0.1) is 11.2 Å². The fraction of sp³-hybridized carbons (Fsp3) is 0.